The van der Waals surface area contributed by atoms with Crippen LogP contribution >= 0.6 is 11.6 Å². The number of nitrogens with zero attached hydrogens (tertiary/aromatic N) is 1. The molecule has 0 atom stereocenters. The maximum atomic E-state index is 12.4. The number of nitrogens with one attached hydrogen (secondary N) is 3. The molecule has 0 fully saturated rings. The summed E-state index contributed by atoms with van der Waals surface area (Å²) < 4.78 is 0. The Balaban J connectivity index is 1.48. The number of para-hydroxylation sites is 2. The number of hydrogen-bond acceptors (Lipinski definition) is 3. The molecule has 27 heavy (non-hydrogen) atoms. The van der Waals surface area contributed by atoms with E-state index in [2.05, 4.69) is 16.0 Å². The van der Waals surface area contributed by atoms with Gasteiger partial charge in [-0.15, -0.1) is 0 Å². The number of hydrogen-bond donors (Lipinski definition) is 3. The molecule has 3 rings (SSSR count). The van der Waals surface area contributed by atoms with Gasteiger partial charge in [-0.3, -0.25) is 14.5 Å². The van der Waals surface area contributed by atoms with Gasteiger partial charge >= 0.3 is 6.03 Å². The van der Waals surface area contributed by atoms with Crippen molar-refractivity contribution in [1.82, 2.24) is 10.6 Å². The SMILES string of the molecule is O=C(CCNC(=O)N1CC(=O)Nc2ccccc21)NCc1ccccc1Cl. The summed E-state index contributed by atoms with van der Waals surface area (Å²) in [4.78, 5) is 37.5. The lowest BCUT2D eigenvalue weighted by Crippen LogP contribution is -2.47. The fraction of sp³-hybridized carbons (Fsp3) is 0.211. The molecule has 140 valence electrons. The molecular weight excluding hydrogens is 368 g/mol. The lowest BCUT2D eigenvalue weighted by molar-refractivity contribution is -0.121. The summed E-state index contributed by atoms with van der Waals surface area (Å²) in [5.41, 5.74) is 2.03. The normalized spacial score (nSPS) is 12.8. The average Bonchev–Trinajstić information content (AvgIpc) is 2.66. The summed E-state index contributed by atoms with van der Waals surface area (Å²) in [6.45, 7) is 0.418. The van der Waals surface area contributed by atoms with Gasteiger partial charge in [-0.1, -0.05) is 41.9 Å². The third-order valence-electron chi connectivity index (χ3n) is 4.08. The van der Waals surface area contributed by atoms with E-state index in [-0.39, 0.29) is 31.3 Å². The van der Waals surface area contributed by atoms with Crippen molar-refractivity contribution in [3.8, 4) is 0 Å². The van der Waals surface area contributed by atoms with Gasteiger partial charge in [0.25, 0.3) is 0 Å². The second-order valence-corrected chi connectivity index (χ2v) is 6.41. The van der Waals surface area contributed by atoms with Crippen LogP contribution in [0, 0.1) is 0 Å². The molecule has 8 heteroatoms. The van der Waals surface area contributed by atoms with Crippen molar-refractivity contribution in [2.45, 2.75) is 13.0 Å². The highest BCUT2D eigenvalue weighted by Gasteiger charge is 2.26. The molecular formula is C19H19ClN4O3. The van der Waals surface area contributed by atoms with Crippen molar-refractivity contribution in [2.75, 3.05) is 23.3 Å². The Morgan fingerprint density at radius 1 is 1.07 bits per heavy atom. The first-order valence-electron chi connectivity index (χ1n) is 8.49. The molecule has 0 unspecified atom stereocenters. The standard InChI is InChI=1S/C19H19ClN4O3/c20-14-6-2-1-5-13(14)11-22-17(25)9-10-21-19(27)24-12-18(26)23-15-7-3-4-8-16(15)24/h1-8H,9-12H2,(H,21,27)(H,22,25)(H,23,26). The number of carbonyl (C=O) groups excluding carboxylic acids is 3. The number of urea groups is 1. The Hall–Kier alpha value is -3.06. The molecule has 4 amide bonds. The van der Waals surface area contributed by atoms with E-state index >= 15 is 0 Å². The van der Waals surface area contributed by atoms with Crippen molar-refractivity contribution in [1.29, 1.82) is 0 Å². The minimum Gasteiger partial charge on any atom is -0.352 e. The monoisotopic (exact) mass is 386 g/mol. The smallest absolute Gasteiger partial charge is 0.322 e. The number of halogens is 1. The van der Waals surface area contributed by atoms with Gasteiger partial charge in [-0.2, -0.15) is 0 Å². The highest BCUT2D eigenvalue weighted by Crippen LogP contribution is 2.28. The van der Waals surface area contributed by atoms with Gasteiger partial charge in [0.1, 0.15) is 6.54 Å². The van der Waals surface area contributed by atoms with Crippen LogP contribution in [0.3, 0.4) is 0 Å². The summed E-state index contributed by atoms with van der Waals surface area (Å²) in [6, 6.07) is 13.9. The fourth-order valence-corrected chi connectivity index (χ4v) is 2.92. The highest BCUT2D eigenvalue weighted by atomic mass is 35.5. The Morgan fingerprint density at radius 2 is 1.81 bits per heavy atom. The summed E-state index contributed by atoms with van der Waals surface area (Å²) in [5.74, 6) is -0.465. The summed E-state index contributed by atoms with van der Waals surface area (Å²) in [5, 5.41) is 8.75. The second-order valence-electron chi connectivity index (χ2n) is 6.00. The second kappa shape index (κ2) is 8.55. The van der Waals surface area contributed by atoms with Crippen LogP contribution < -0.4 is 20.9 Å². The first-order valence-corrected chi connectivity index (χ1v) is 8.87. The molecule has 1 aliphatic heterocycles. The van der Waals surface area contributed by atoms with E-state index in [0.717, 1.165) is 5.56 Å². The zero-order valence-electron chi connectivity index (χ0n) is 14.5. The van der Waals surface area contributed by atoms with Gasteiger partial charge in [0.15, 0.2) is 0 Å². The maximum Gasteiger partial charge on any atom is 0.322 e. The number of fused-ring (bicyclic) bond motifs is 1. The summed E-state index contributed by atoms with van der Waals surface area (Å²) in [7, 11) is 0. The molecule has 0 bridgehead atoms. The van der Waals surface area contributed by atoms with Crippen LogP contribution in [-0.4, -0.2) is 30.9 Å². The molecule has 0 spiro atoms. The van der Waals surface area contributed by atoms with Crippen molar-refractivity contribution >= 4 is 40.8 Å². The maximum absolute atomic E-state index is 12.4. The van der Waals surface area contributed by atoms with E-state index < -0.39 is 6.03 Å². The van der Waals surface area contributed by atoms with Gasteiger partial charge in [0, 0.05) is 24.5 Å². The molecule has 0 aromatic heterocycles. The van der Waals surface area contributed by atoms with Crippen molar-refractivity contribution in [3.63, 3.8) is 0 Å². The first-order chi connectivity index (χ1) is 13.0. The fourth-order valence-electron chi connectivity index (χ4n) is 2.72. The topological polar surface area (TPSA) is 90.5 Å². The predicted molar refractivity (Wildman–Crippen MR) is 104 cm³/mol. The molecule has 2 aromatic carbocycles. The quantitative estimate of drug-likeness (QED) is 0.737. The average molecular weight is 387 g/mol. The van der Waals surface area contributed by atoms with E-state index in [4.69, 9.17) is 11.6 Å². The summed E-state index contributed by atoms with van der Waals surface area (Å²) >= 11 is 6.05. The van der Waals surface area contributed by atoms with Crippen LogP contribution in [0.15, 0.2) is 48.5 Å². The molecule has 0 radical (unpaired) electrons. The Labute approximate surface area is 161 Å². The Kier molecular flexibility index (Phi) is 5.93. The molecule has 7 nitrogen and oxygen atoms in total. The molecule has 0 aliphatic carbocycles. The minimum absolute atomic E-state index is 0.0679. The number of carbonyl (C=O) groups is 3. The van der Waals surface area contributed by atoms with Gasteiger partial charge < -0.3 is 16.0 Å². The molecule has 0 saturated carbocycles. The zero-order chi connectivity index (χ0) is 19.2. The van der Waals surface area contributed by atoms with Crippen LogP contribution in [0.2, 0.25) is 5.02 Å². The molecule has 0 saturated heterocycles. The molecule has 1 heterocycles. The minimum atomic E-state index is -0.420. The van der Waals surface area contributed by atoms with Gasteiger partial charge in [0.05, 0.1) is 11.4 Å². The molecule has 3 N–H and O–H groups in total. The van der Waals surface area contributed by atoms with Crippen LogP contribution in [0.4, 0.5) is 16.2 Å². The van der Waals surface area contributed by atoms with E-state index in [0.29, 0.717) is 22.9 Å². The van der Waals surface area contributed by atoms with Crippen LogP contribution in [-0.2, 0) is 16.1 Å². The van der Waals surface area contributed by atoms with E-state index in [9.17, 15) is 14.4 Å². The van der Waals surface area contributed by atoms with E-state index in [1.165, 1.54) is 4.90 Å². The molecule has 1 aliphatic rings. The largest absolute Gasteiger partial charge is 0.352 e. The first kappa shape index (κ1) is 18.7. The van der Waals surface area contributed by atoms with Crippen molar-refractivity contribution in [3.05, 3.63) is 59.1 Å². The third-order valence-corrected chi connectivity index (χ3v) is 4.45. The highest BCUT2D eigenvalue weighted by molar-refractivity contribution is 6.31. The summed E-state index contributed by atoms with van der Waals surface area (Å²) in [6.07, 6.45) is 0.123. The number of rotatable bonds is 5. The van der Waals surface area contributed by atoms with E-state index in [1.54, 1.807) is 30.3 Å². The van der Waals surface area contributed by atoms with Crippen LogP contribution in [0.1, 0.15) is 12.0 Å². The van der Waals surface area contributed by atoms with E-state index in [1.807, 2.05) is 18.2 Å². The molecule has 2 aromatic rings. The Bertz CT molecular complexity index is 872. The van der Waals surface area contributed by atoms with Crippen LogP contribution in [0.25, 0.3) is 0 Å². The van der Waals surface area contributed by atoms with Gasteiger partial charge in [-0.05, 0) is 23.8 Å². The van der Waals surface area contributed by atoms with Gasteiger partial charge in [-0.25, -0.2) is 4.79 Å². The Morgan fingerprint density at radius 3 is 2.63 bits per heavy atom. The van der Waals surface area contributed by atoms with Crippen molar-refractivity contribution < 1.29 is 14.4 Å². The van der Waals surface area contributed by atoms with Crippen molar-refractivity contribution in [2.24, 2.45) is 0 Å². The lowest BCUT2D eigenvalue weighted by atomic mass is 10.2. The lowest BCUT2D eigenvalue weighted by Gasteiger charge is -2.29. The number of anilines is 2. The van der Waals surface area contributed by atoms with Gasteiger partial charge in [0.2, 0.25) is 11.8 Å². The zero-order valence-corrected chi connectivity index (χ0v) is 15.3. The van der Waals surface area contributed by atoms with Crippen LogP contribution in [0.5, 0.6) is 0 Å². The predicted octanol–water partition coefficient (Wildman–Crippen LogP) is 2.51. The third kappa shape index (κ3) is 4.77. The number of benzene rings is 2. The number of amides is 4.